The Morgan fingerprint density at radius 3 is 2.30 bits per heavy atom. The van der Waals surface area contributed by atoms with Crippen molar-refractivity contribution in [3.8, 4) is 0 Å². The number of hydrogen-bond acceptors (Lipinski definition) is 3. The average molecular weight is 291 g/mol. The van der Waals surface area contributed by atoms with Gasteiger partial charge < -0.3 is 10.1 Å². The van der Waals surface area contributed by atoms with Gasteiger partial charge in [0, 0.05) is 12.3 Å². The molecule has 0 bridgehead atoms. The molecule has 1 aliphatic carbocycles. The molecule has 0 aromatic rings. The van der Waals surface area contributed by atoms with Gasteiger partial charge in [0.05, 0.1) is 0 Å². The first kappa shape index (κ1) is 16.9. The molecule has 116 valence electrons. The summed E-state index contributed by atoms with van der Waals surface area (Å²) < 4.78 is 30.1. The molecule has 1 rings (SSSR count). The van der Waals surface area contributed by atoms with Crippen molar-refractivity contribution in [3.05, 3.63) is 0 Å². The second-order valence-electron chi connectivity index (χ2n) is 6.65. The van der Waals surface area contributed by atoms with E-state index >= 15 is 0 Å². The zero-order chi connectivity index (χ0) is 15.7. The molecule has 4 nitrogen and oxygen atoms in total. The highest BCUT2D eigenvalue weighted by Gasteiger charge is 2.61. The standard InChI is InChI=1S/C14H23F2NO3/c1-8(2)11(18)14(7-9(14)6-10(15)16)17-12(19)20-13(3,4)5/h8-10H,6-7H2,1-5H3,(H,17,19)/t9-,14-/m1/s1. The Balaban J connectivity index is 2.77. The predicted octanol–water partition coefficient (Wildman–Crippen LogP) is 3.15. The Bertz CT molecular complexity index is 390. The molecule has 1 N–H and O–H groups in total. The van der Waals surface area contributed by atoms with E-state index in [1.54, 1.807) is 34.6 Å². The first-order chi connectivity index (χ1) is 8.98. The number of alkyl carbamates (subject to hydrolysis) is 1. The van der Waals surface area contributed by atoms with E-state index in [1.165, 1.54) is 0 Å². The van der Waals surface area contributed by atoms with Gasteiger partial charge in [-0.3, -0.25) is 4.79 Å². The normalized spacial score (nSPS) is 25.8. The molecule has 1 amide bonds. The predicted molar refractivity (Wildman–Crippen MR) is 70.7 cm³/mol. The van der Waals surface area contributed by atoms with Crippen molar-refractivity contribution in [3.63, 3.8) is 0 Å². The van der Waals surface area contributed by atoms with E-state index in [2.05, 4.69) is 5.32 Å². The quantitative estimate of drug-likeness (QED) is 0.846. The maximum atomic E-state index is 12.5. The number of carbonyl (C=O) groups is 2. The van der Waals surface area contributed by atoms with Crippen molar-refractivity contribution >= 4 is 11.9 Å². The molecule has 20 heavy (non-hydrogen) atoms. The number of halogens is 2. The molecule has 0 saturated heterocycles. The van der Waals surface area contributed by atoms with Crippen LogP contribution in [0.15, 0.2) is 0 Å². The number of hydrogen-bond donors (Lipinski definition) is 1. The number of alkyl halides is 2. The number of Topliss-reactive ketones (excluding diaryl/α,β-unsaturated/α-hetero) is 1. The summed E-state index contributed by atoms with van der Waals surface area (Å²) in [6.45, 7) is 8.49. The molecule has 0 heterocycles. The van der Waals surface area contributed by atoms with Gasteiger partial charge in [0.25, 0.3) is 0 Å². The molecule has 1 saturated carbocycles. The molecule has 2 atom stereocenters. The summed E-state index contributed by atoms with van der Waals surface area (Å²) in [6.07, 6.45) is -3.34. The Hall–Kier alpha value is -1.20. The van der Waals surface area contributed by atoms with Crippen LogP contribution < -0.4 is 5.32 Å². The van der Waals surface area contributed by atoms with E-state index in [0.29, 0.717) is 0 Å². The van der Waals surface area contributed by atoms with Crippen LogP contribution in [0.5, 0.6) is 0 Å². The number of ketones is 1. The minimum absolute atomic E-state index is 0.214. The molecule has 0 aromatic carbocycles. The van der Waals surface area contributed by atoms with Crippen molar-refractivity contribution in [2.75, 3.05) is 0 Å². The van der Waals surface area contributed by atoms with Crippen molar-refractivity contribution in [2.24, 2.45) is 11.8 Å². The molecule has 0 aromatic heterocycles. The molecule has 0 unspecified atom stereocenters. The zero-order valence-electron chi connectivity index (χ0n) is 12.6. The summed E-state index contributed by atoms with van der Waals surface area (Å²) in [5.74, 6) is -1.05. The summed E-state index contributed by atoms with van der Waals surface area (Å²) in [5.41, 5.74) is -1.87. The monoisotopic (exact) mass is 291 g/mol. The van der Waals surface area contributed by atoms with Crippen LogP contribution in [-0.4, -0.2) is 29.4 Å². The molecule has 6 heteroatoms. The van der Waals surface area contributed by atoms with Crippen LogP contribution in [0.4, 0.5) is 13.6 Å². The Kier molecular flexibility index (Phi) is 4.77. The lowest BCUT2D eigenvalue weighted by Gasteiger charge is -2.24. The topological polar surface area (TPSA) is 55.4 Å². The first-order valence-electron chi connectivity index (χ1n) is 6.81. The SMILES string of the molecule is CC(C)C(=O)[C@@]1(NC(=O)OC(C)(C)C)C[C@H]1CC(F)F. The van der Waals surface area contributed by atoms with Crippen molar-refractivity contribution in [2.45, 2.75) is 65.0 Å². The number of nitrogens with one attached hydrogen (secondary N) is 1. The third-order valence-electron chi connectivity index (χ3n) is 3.26. The van der Waals surface area contributed by atoms with Gasteiger partial charge >= 0.3 is 6.09 Å². The van der Waals surface area contributed by atoms with E-state index in [4.69, 9.17) is 4.74 Å². The molecule has 0 radical (unpaired) electrons. The smallest absolute Gasteiger partial charge is 0.408 e. The van der Waals surface area contributed by atoms with Gasteiger partial charge in [0.2, 0.25) is 6.43 Å². The molecule has 1 fully saturated rings. The number of amides is 1. The first-order valence-corrected chi connectivity index (χ1v) is 6.81. The third kappa shape index (κ3) is 4.15. The van der Waals surface area contributed by atoms with Crippen LogP contribution in [0.1, 0.15) is 47.5 Å². The lowest BCUT2D eigenvalue weighted by molar-refractivity contribution is -0.125. The Morgan fingerprint density at radius 1 is 1.35 bits per heavy atom. The minimum Gasteiger partial charge on any atom is -0.444 e. The Labute approximate surface area is 118 Å². The lowest BCUT2D eigenvalue weighted by Crippen LogP contribution is -2.48. The summed E-state index contributed by atoms with van der Waals surface area (Å²) in [6, 6.07) is 0. The summed E-state index contributed by atoms with van der Waals surface area (Å²) in [5, 5.41) is 2.52. The van der Waals surface area contributed by atoms with E-state index in [9.17, 15) is 18.4 Å². The molecule has 1 aliphatic rings. The van der Waals surface area contributed by atoms with E-state index in [-0.39, 0.29) is 24.5 Å². The number of carbonyl (C=O) groups excluding carboxylic acids is 2. The van der Waals surface area contributed by atoms with E-state index in [0.717, 1.165) is 0 Å². The number of ether oxygens (including phenoxy) is 1. The van der Waals surface area contributed by atoms with Crippen LogP contribution >= 0.6 is 0 Å². The highest BCUT2D eigenvalue weighted by atomic mass is 19.3. The second-order valence-corrected chi connectivity index (χ2v) is 6.65. The fourth-order valence-electron chi connectivity index (χ4n) is 2.35. The highest BCUT2D eigenvalue weighted by Crippen LogP contribution is 2.49. The van der Waals surface area contributed by atoms with E-state index in [1.807, 2.05) is 0 Å². The van der Waals surface area contributed by atoms with Crippen LogP contribution in [0.3, 0.4) is 0 Å². The van der Waals surface area contributed by atoms with Gasteiger partial charge in [0.15, 0.2) is 5.78 Å². The molecule has 0 spiro atoms. The zero-order valence-corrected chi connectivity index (χ0v) is 12.6. The fraction of sp³-hybridized carbons (Fsp3) is 0.857. The van der Waals surface area contributed by atoms with Gasteiger partial charge in [-0.05, 0) is 33.1 Å². The minimum atomic E-state index is -2.48. The molecular weight excluding hydrogens is 268 g/mol. The van der Waals surface area contributed by atoms with Gasteiger partial charge in [-0.1, -0.05) is 13.8 Å². The van der Waals surface area contributed by atoms with Crippen molar-refractivity contribution < 1.29 is 23.1 Å². The Morgan fingerprint density at radius 2 is 1.90 bits per heavy atom. The molecule has 0 aliphatic heterocycles. The number of rotatable bonds is 5. The van der Waals surface area contributed by atoms with Crippen molar-refractivity contribution in [1.29, 1.82) is 0 Å². The maximum absolute atomic E-state index is 12.5. The summed E-state index contributed by atoms with van der Waals surface area (Å²) in [7, 11) is 0. The second kappa shape index (κ2) is 5.66. The van der Waals surface area contributed by atoms with Crippen LogP contribution in [0, 0.1) is 11.8 Å². The fourth-order valence-corrected chi connectivity index (χ4v) is 2.35. The maximum Gasteiger partial charge on any atom is 0.408 e. The average Bonchev–Trinajstić information content (AvgIpc) is 2.86. The third-order valence-corrected chi connectivity index (χ3v) is 3.26. The molecular formula is C14H23F2NO3. The van der Waals surface area contributed by atoms with Crippen LogP contribution in [-0.2, 0) is 9.53 Å². The van der Waals surface area contributed by atoms with Gasteiger partial charge in [-0.2, -0.15) is 0 Å². The van der Waals surface area contributed by atoms with E-state index < -0.39 is 29.6 Å². The van der Waals surface area contributed by atoms with Crippen LogP contribution in [0.2, 0.25) is 0 Å². The van der Waals surface area contributed by atoms with Gasteiger partial charge in [-0.15, -0.1) is 0 Å². The van der Waals surface area contributed by atoms with Gasteiger partial charge in [0.1, 0.15) is 11.1 Å². The van der Waals surface area contributed by atoms with Gasteiger partial charge in [-0.25, -0.2) is 13.6 Å². The summed E-state index contributed by atoms with van der Waals surface area (Å²) in [4.78, 5) is 24.0. The summed E-state index contributed by atoms with van der Waals surface area (Å²) >= 11 is 0. The highest BCUT2D eigenvalue weighted by molar-refractivity contribution is 5.96. The lowest BCUT2D eigenvalue weighted by atomic mass is 9.97. The van der Waals surface area contributed by atoms with Crippen molar-refractivity contribution in [1.82, 2.24) is 5.32 Å². The van der Waals surface area contributed by atoms with Crippen LogP contribution in [0.25, 0.3) is 0 Å². The largest absolute Gasteiger partial charge is 0.444 e.